The van der Waals surface area contributed by atoms with Gasteiger partial charge >= 0.3 is 0 Å². The lowest BCUT2D eigenvalue weighted by Crippen LogP contribution is -2.42. The van der Waals surface area contributed by atoms with Crippen LogP contribution in [0, 0.1) is 10.1 Å². The van der Waals surface area contributed by atoms with Crippen LogP contribution in [0.5, 0.6) is 0 Å². The van der Waals surface area contributed by atoms with Crippen LogP contribution in [0.3, 0.4) is 0 Å². The van der Waals surface area contributed by atoms with Crippen molar-refractivity contribution < 1.29 is 14.4 Å². The third-order valence-electron chi connectivity index (χ3n) is 3.65. The fraction of sp³-hybridized carbons (Fsp3) is 0.462. The zero-order valence-electron chi connectivity index (χ0n) is 10.9. The second-order valence-corrected chi connectivity index (χ2v) is 4.93. The minimum atomic E-state index is -0.453. The van der Waals surface area contributed by atoms with E-state index >= 15 is 0 Å². The Hall–Kier alpha value is -2.15. The van der Waals surface area contributed by atoms with Crippen molar-refractivity contribution in [3.63, 3.8) is 0 Å². The average molecular weight is 277 g/mol. The van der Waals surface area contributed by atoms with E-state index in [2.05, 4.69) is 4.98 Å². The first-order valence-corrected chi connectivity index (χ1v) is 6.61. The van der Waals surface area contributed by atoms with Gasteiger partial charge < -0.3 is 14.4 Å². The number of benzene rings is 1. The highest BCUT2D eigenvalue weighted by atomic mass is 16.6. The normalized spacial score (nSPS) is 19.4. The first-order chi connectivity index (χ1) is 9.69. The smallest absolute Gasteiger partial charge is 0.298 e. The van der Waals surface area contributed by atoms with E-state index in [0.717, 1.165) is 25.8 Å². The van der Waals surface area contributed by atoms with Crippen LogP contribution in [0.4, 0.5) is 11.7 Å². The SMILES string of the molecule is O=[N+]([O-])c1ccc2oc(N3CCCCC3CO)nc2c1. The van der Waals surface area contributed by atoms with Crippen LogP contribution in [0.2, 0.25) is 0 Å². The highest BCUT2D eigenvalue weighted by Gasteiger charge is 2.26. The molecule has 0 saturated carbocycles. The van der Waals surface area contributed by atoms with Gasteiger partial charge in [0.05, 0.1) is 17.6 Å². The van der Waals surface area contributed by atoms with Crippen molar-refractivity contribution in [1.82, 2.24) is 4.98 Å². The summed E-state index contributed by atoms with van der Waals surface area (Å²) in [6, 6.07) is 4.80. The van der Waals surface area contributed by atoms with E-state index in [4.69, 9.17) is 4.42 Å². The molecular formula is C13H15N3O4. The van der Waals surface area contributed by atoms with Crippen LogP contribution < -0.4 is 4.90 Å². The molecule has 2 heterocycles. The van der Waals surface area contributed by atoms with Gasteiger partial charge in [0, 0.05) is 18.7 Å². The summed E-state index contributed by atoms with van der Waals surface area (Å²) in [6.07, 6.45) is 3.00. The number of nitro benzene ring substituents is 1. The maximum absolute atomic E-state index is 10.8. The summed E-state index contributed by atoms with van der Waals surface area (Å²) < 4.78 is 5.66. The number of anilines is 1. The second-order valence-electron chi connectivity index (χ2n) is 4.93. The summed E-state index contributed by atoms with van der Waals surface area (Å²) in [5, 5.41) is 20.2. The lowest BCUT2D eigenvalue weighted by atomic mass is 10.0. The largest absolute Gasteiger partial charge is 0.423 e. The van der Waals surface area contributed by atoms with Crippen LogP contribution in [-0.4, -0.2) is 34.2 Å². The van der Waals surface area contributed by atoms with E-state index in [-0.39, 0.29) is 18.3 Å². The van der Waals surface area contributed by atoms with E-state index in [0.29, 0.717) is 17.1 Å². The predicted octanol–water partition coefficient (Wildman–Crippen LogP) is 2.09. The topological polar surface area (TPSA) is 92.6 Å². The number of fused-ring (bicyclic) bond motifs is 1. The molecule has 7 nitrogen and oxygen atoms in total. The number of aliphatic hydroxyl groups is 1. The highest BCUT2D eigenvalue weighted by molar-refractivity contribution is 5.77. The summed E-state index contributed by atoms with van der Waals surface area (Å²) in [6.45, 7) is 0.832. The molecule has 0 radical (unpaired) electrons. The molecule has 1 atom stereocenters. The quantitative estimate of drug-likeness (QED) is 0.682. The Morgan fingerprint density at radius 3 is 3.10 bits per heavy atom. The third kappa shape index (κ3) is 2.20. The number of piperidine rings is 1. The zero-order valence-corrected chi connectivity index (χ0v) is 10.9. The van der Waals surface area contributed by atoms with Crippen molar-refractivity contribution in [2.75, 3.05) is 18.1 Å². The number of oxazole rings is 1. The van der Waals surface area contributed by atoms with Gasteiger partial charge in [-0.2, -0.15) is 4.98 Å². The van der Waals surface area contributed by atoms with Crippen molar-refractivity contribution in [3.8, 4) is 0 Å². The molecule has 0 aliphatic carbocycles. The van der Waals surface area contributed by atoms with Crippen molar-refractivity contribution in [2.45, 2.75) is 25.3 Å². The van der Waals surface area contributed by atoms with Gasteiger partial charge in [0.1, 0.15) is 5.52 Å². The molecule has 1 aromatic heterocycles. The minimum absolute atomic E-state index is 0.00491. The van der Waals surface area contributed by atoms with Gasteiger partial charge in [-0.25, -0.2) is 0 Å². The van der Waals surface area contributed by atoms with Crippen LogP contribution in [0.1, 0.15) is 19.3 Å². The fourth-order valence-electron chi connectivity index (χ4n) is 2.58. The van der Waals surface area contributed by atoms with Gasteiger partial charge in [-0.15, -0.1) is 0 Å². The monoisotopic (exact) mass is 277 g/mol. The molecule has 1 N–H and O–H groups in total. The Bertz CT molecular complexity index is 640. The lowest BCUT2D eigenvalue weighted by molar-refractivity contribution is -0.384. The molecule has 1 aliphatic heterocycles. The number of aromatic nitrogens is 1. The van der Waals surface area contributed by atoms with Crippen LogP contribution >= 0.6 is 0 Å². The van der Waals surface area contributed by atoms with E-state index in [9.17, 15) is 15.2 Å². The van der Waals surface area contributed by atoms with Gasteiger partial charge in [0.15, 0.2) is 5.58 Å². The highest BCUT2D eigenvalue weighted by Crippen LogP contribution is 2.29. The van der Waals surface area contributed by atoms with Gasteiger partial charge in [0.2, 0.25) is 0 Å². The van der Waals surface area contributed by atoms with E-state index in [1.54, 1.807) is 6.07 Å². The number of hydrogen-bond acceptors (Lipinski definition) is 6. The van der Waals surface area contributed by atoms with Crippen molar-refractivity contribution in [1.29, 1.82) is 0 Å². The van der Waals surface area contributed by atoms with Crippen molar-refractivity contribution in [2.24, 2.45) is 0 Å². The number of nitro groups is 1. The van der Waals surface area contributed by atoms with E-state index in [1.807, 2.05) is 4.90 Å². The predicted molar refractivity (Wildman–Crippen MR) is 72.7 cm³/mol. The Morgan fingerprint density at radius 2 is 2.35 bits per heavy atom. The second kappa shape index (κ2) is 5.09. The van der Waals surface area contributed by atoms with Crippen LogP contribution in [0.25, 0.3) is 11.1 Å². The van der Waals surface area contributed by atoms with Gasteiger partial charge in [-0.05, 0) is 25.3 Å². The summed E-state index contributed by atoms with van der Waals surface area (Å²) in [7, 11) is 0. The molecule has 2 aromatic rings. The summed E-state index contributed by atoms with van der Waals surface area (Å²) >= 11 is 0. The maximum atomic E-state index is 10.8. The number of nitrogens with zero attached hydrogens (tertiary/aromatic N) is 3. The number of hydrogen-bond donors (Lipinski definition) is 1. The molecule has 7 heteroatoms. The Labute approximate surface area is 115 Å². The molecule has 20 heavy (non-hydrogen) atoms. The molecule has 1 aliphatic rings. The zero-order chi connectivity index (χ0) is 14.1. The molecule has 1 unspecified atom stereocenters. The Morgan fingerprint density at radius 1 is 1.50 bits per heavy atom. The third-order valence-corrected chi connectivity index (χ3v) is 3.65. The average Bonchev–Trinajstić information content (AvgIpc) is 2.89. The first kappa shape index (κ1) is 12.9. The molecule has 3 rings (SSSR count). The molecule has 1 aromatic carbocycles. The Balaban J connectivity index is 1.97. The van der Waals surface area contributed by atoms with E-state index < -0.39 is 4.92 Å². The molecule has 0 spiro atoms. The molecule has 1 saturated heterocycles. The molecule has 0 amide bonds. The Kier molecular flexibility index (Phi) is 3.27. The molecule has 1 fully saturated rings. The van der Waals surface area contributed by atoms with Gasteiger partial charge in [-0.1, -0.05) is 0 Å². The van der Waals surface area contributed by atoms with Crippen LogP contribution in [-0.2, 0) is 0 Å². The fourth-order valence-corrected chi connectivity index (χ4v) is 2.58. The minimum Gasteiger partial charge on any atom is -0.423 e. The van der Waals surface area contributed by atoms with Crippen molar-refractivity contribution >= 4 is 22.8 Å². The number of rotatable bonds is 3. The number of non-ortho nitro benzene ring substituents is 1. The summed E-state index contributed by atoms with van der Waals surface area (Å²) in [5.41, 5.74) is 0.985. The maximum Gasteiger partial charge on any atom is 0.298 e. The first-order valence-electron chi connectivity index (χ1n) is 6.61. The molecule has 106 valence electrons. The lowest BCUT2D eigenvalue weighted by Gasteiger charge is -2.33. The van der Waals surface area contributed by atoms with Crippen molar-refractivity contribution in [3.05, 3.63) is 28.3 Å². The summed E-state index contributed by atoms with van der Waals surface area (Å²) in [4.78, 5) is 16.6. The summed E-state index contributed by atoms with van der Waals surface area (Å²) in [5.74, 6) is 0. The standard InChI is InChI=1S/C13H15N3O4/c17-8-10-3-1-2-6-15(10)13-14-11-7-9(16(18)19)4-5-12(11)20-13/h4-5,7,10,17H,1-3,6,8H2. The van der Waals surface area contributed by atoms with Gasteiger partial charge in [0.25, 0.3) is 11.7 Å². The molecule has 0 bridgehead atoms. The van der Waals surface area contributed by atoms with Gasteiger partial charge in [-0.3, -0.25) is 10.1 Å². The number of aliphatic hydroxyl groups excluding tert-OH is 1. The van der Waals surface area contributed by atoms with Crippen LogP contribution in [0.15, 0.2) is 22.6 Å². The molecular weight excluding hydrogens is 262 g/mol. The van der Waals surface area contributed by atoms with E-state index in [1.165, 1.54) is 12.1 Å².